The van der Waals surface area contributed by atoms with Crippen LogP contribution in [0.15, 0.2) is 29.4 Å². The van der Waals surface area contributed by atoms with Gasteiger partial charge in [0.2, 0.25) is 0 Å². The van der Waals surface area contributed by atoms with E-state index >= 15 is 0 Å². The molecule has 0 atom stereocenters. The highest BCUT2D eigenvalue weighted by Gasteiger charge is 2.10. The normalized spacial score (nSPS) is 10.7. The number of aromatic nitrogens is 5. The molecule has 0 aliphatic carbocycles. The van der Waals surface area contributed by atoms with Gasteiger partial charge >= 0.3 is 0 Å². The van der Waals surface area contributed by atoms with Gasteiger partial charge in [0, 0.05) is 18.7 Å². The van der Waals surface area contributed by atoms with Crippen molar-refractivity contribution in [2.24, 2.45) is 0 Å². The summed E-state index contributed by atoms with van der Waals surface area (Å²) in [5.41, 5.74) is 0. The Bertz CT molecular complexity index is 502. The van der Waals surface area contributed by atoms with Gasteiger partial charge in [-0.25, -0.2) is 4.68 Å². The first-order valence-electron chi connectivity index (χ1n) is 5.87. The van der Waals surface area contributed by atoms with Crippen molar-refractivity contribution in [2.75, 3.05) is 0 Å². The van der Waals surface area contributed by atoms with Gasteiger partial charge < -0.3 is 5.21 Å². The minimum atomic E-state index is 0.600. The predicted octanol–water partition coefficient (Wildman–Crippen LogP) is 1.40. The number of unbranched alkanes of at least 4 members (excludes halogenated alkanes) is 1. The quantitative estimate of drug-likeness (QED) is 0.448. The molecule has 2 heterocycles. The number of pyridine rings is 1. The number of tetrazole rings is 1. The molecule has 0 aliphatic heterocycles. The van der Waals surface area contributed by atoms with Crippen LogP contribution in [0, 0.1) is 5.21 Å². The van der Waals surface area contributed by atoms with Crippen molar-refractivity contribution in [1.29, 1.82) is 0 Å². The molecule has 18 heavy (non-hydrogen) atoms. The van der Waals surface area contributed by atoms with E-state index < -0.39 is 0 Å². The molecule has 6 nitrogen and oxygen atoms in total. The Balaban J connectivity index is 1.98. The first kappa shape index (κ1) is 12.8. The molecule has 0 saturated heterocycles. The standard InChI is InChI=1S/C11H15N5OS/c1-2-3-7-15-10(12-13-14-15)9-18-11-6-4-5-8-16(11)17/h4-6,8H,2-3,7,9H2,1H3. The van der Waals surface area contributed by atoms with Crippen LogP contribution in [0.25, 0.3) is 0 Å². The van der Waals surface area contributed by atoms with E-state index in [1.165, 1.54) is 18.0 Å². The highest BCUT2D eigenvalue weighted by Crippen LogP contribution is 2.17. The number of rotatable bonds is 6. The fraction of sp³-hybridized carbons (Fsp3) is 0.455. The number of thioether (sulfide) groups is 1. The minimum absolute atomic E-state index is 0.600. The Morgan fingerprint density at radius 2 is 2.33 bits per heavy atom. The van der Waals surface area contributed by atoms with Gasteiger partial charge in [-0.3, -0.25) is 0 Å². The van der Waals surface area contributed by atoms with Crippen molar-refractivity contribution in [1.82, 2.24) is 20.2 Å². The lowest BCUT2D eigenvalue weighted by Gasteiger charge is -2.04. The second-order valence-electron chi connectivity index (χ2n) is 3.83. The molecule has 0 radical (unpaired) electrons. The van der Waals surface area contributed by atoms with Gasteiger partial charge in [-0.2, -0.15) is 4.73 Å². The maximum Gasteiger partial charge on any atom is 0.251 e. The summed E-state index contributed by atoms with van der Waals surface area (Å²) in [6, 6.07) is 5.34. The molecule has 2 aromatic heterocycles. The zero-order valence-corrected chi connectivity index (χ0v) is 11.0. The van der Waals surface area contributed by atoms with E-state index in [2.05, 4.69) is 22.4 Å². The van der Waals surface area contributed by atoms with E-state index in [4.69, 9.17) is 0 Å². The number of aryl methyl sites for hydroxylation is 1. The van der Waals surface area contributed by atoms with Crippen LogP contribution in [0.2, 0.25) is 0 Å². The molecule has 0 fully saturated rings. The third-order valence-corrected chi connectivity index (χ3v) is 3.48. The third-order valence-electron chi connectivity index (χ3n) is 2.47. The van der Waals surface area contributed by atoms with Crippen molar-refractivity contribution in [2.45, 2.75) is 37.1 Å². The first-order valence-corrected chi connectivity index (χ1v) is 6.86. The third kappa shape index (κ3) is 3.19. The SMILES string of the molecule is CCCCn1nnnc1CSc1cccc[n+]1[O-]. The van der Waals surface area contributed by atoms with Crippen LogP contribution in [0.4, 0.5) is 0 Å². The molecule has 0 amide bonds. The highest BCUT2D eigenvalue weighted by molar-refractivity contribution is 7.98. The fourth-order valence-corrected chi connectivity index (χ4v) is 2.32. The zero-order valence-electron chi connectivity index (χ0n) is 10.2. The van der Waals surface area contributed by atoms with Crippen LogP contribution in [0.5, 0.6) is 0 Å². The van der Waals surface area contributed by atoms with Crippen molar-refractivity contribution in [3.8, 4) is 0 Å². The second-order valence-corrected chi connectivity index (χ2v) is 4.82. The molecular formula is C11H15N5OS. The summed E-state index contributed by atoms with van der Waals surface area (Å²) in [5.74, 6) is 1.40. The Hall–Kier alpha value is -1.63. The monoisotopic (exact) mass is 265 g/mol. The predicted molar refractivity (Wildman–Crippen MR) is 67.7 cm³/mol. The summed E-state index contributed by atoms with van der Waals surface area (Å²) in [6.07, 6.45) is 3.64. The smallest absolute Gasteiger partial charge is 0.251 e. The summed E-state index contributed by atoms with van der Waals surface area (Å²) < 4.78 is 2.65. The van der Waals surface area contributed by atoms with Crippen molar-refractivity contribution < 1.29 is 4.73 Å². The summed E-state index contributed by atoms with van der Waals surface area (Å²) in [4.78, 5) is 0. The van der Waals surface area contributed by atoms with Gasteiger partial charge in [-0.05, 0) is 34.7 Å². The fourth-order valence-electron chi connectivity index (χ4n) is 1.47. The second kappa shape index (κ2) is 6.34. The number of hydrogen-bond acceptors (Lipinski definition) is 5. The number of hydrogen-bond donors (Lipinski definition) is 0. The highest BCUT2D eigenvalue weighted by atomic mass is 32.2. The van der Waals surface area contributed by atoms with Crippen LogP contribution in [0.3, 0.4) is 0 Å². The van der Waals surface area contributed by atoms with E-state index in [1.807, 2.05) is 6.07 Å². The van der Waals surface area contributed by atoms with Crippen LogP contribution in [-0.4, -0.2) is 20.2 Å². The summed E-state index contributed by atoms with van der Waals surface area (Å²) in [6.45, 7) is 2.95. The molecule has 96 valence electrons. The molecule has 0 spiro atoms. The van der Waals surface area contributed by atoms with Crippen molar-refractivity contribution in [3.63, 3.8) is 0 Å². The molecule has 0 bridgehead atoms. The molecule has 0 aromatic carbocycles. The van der Waals surface area contributed by atoms with Gasteiger partial charge in [0.05, 0.1) is 5.75 Å². The van der Waals surface area contributed by atoms with Crippen LogP contribution in [0.1, 0.15) is 25.6 Å². The lowest BCUT2D eigenvalue weighted by molar-refractivity contribution is -0.645. The van der Waals surface area contributed by atoms with Crippen molar-refractivity contribution in [3.05, 3.63) is 35.4 Å². The Kier molecular flexibility index (Phi) is 4.52. The van der Waals surface area contributed by atoms with E-state index in [9.17, 15) is 5.21 Å². The Morgan fingerprint density at radius 1 is 1.44 bits per heavy atom. The molecule has 0 saturated carbocycles. The van der Waals surface area contributed by atoms with Gasteiger partial charge in [-0.1, -0.05) is 13.3 Å². The van der Waals surface area contributed by atoms with E-state index in [-0.39, 0.29) is 0 Å². The van der Waals surface area contributed by atoms with Gasteiger partial charge in [0.15, 0.2) is 12.0 Å². The molecule has 0 N–H and O–H groups in total. The van der Waals surface area contributed by atoms with Gasteiger partial charge in [-0.15, -0.1) is 5.10 Å². The average molecular weight is 265 g/mol. The van der Waals surface area contributed by atoms with E-state index in [0.29, 0.717) is 10.8 Å². The van der Waals surface area contributed by atoms with Gasteiger partial charge in [0.1, 0.15) is 0 Å². The maximum atomic E-state index is 11.5. The molecule has 2 rings (SSSR count). The average Bonchev–Trinajstić information content (AvgIpc) is 2.83. The van der Waals surface area contributed by atoms with E-state index in [0.717, 1.165) is 29.9 Å². The zero-order chi connectivity index (χ0) is 12.8. The summed E-state index contributed by atoms with van der Waals surface area (Å²) >= 11 is 1.44. The lowest BCUT2D eigenvalue weighted by Crippen LogP contribution is -2.27. The topological polar surface area (TPSA) is 70.5 Å². The molecule has 7 heteroatoms. The summed E-state index contributed by atoms with van der Waals surface area (Å²) in [5, 5.41) is 23.7. The number of nitrogens with zero attached hydrogens (tertiary/aromatic N) is 5. The first-order chi connectivity index (χ1) is 8.81. The van der Waals surface area contributed by atoms with Gasteiger partial charge in [0.25, 0.3) is 5.03 Å². The van der Waals surface area contributed by atoms with E-state index in [1.54, 1.807) is 16.8 Å². The van der Waals surface area contributed by atoms with Crippen molar-refractivity contribution >= 4 is 11.8 Å². The van der Waals surface area contributed by atoms with Crippen LogP contribution in [-0.2, 0) is 12.3 Å². The minimum Gasteiger partial charge on any atom is -0.618 e. The summed E-state index contributed by atoms with van der Waals surface area (Å²) in [7, 11) is 0. The molecule has 2 aromatic rings. The molecule has 0 unspecified atom stereocenters. The largest absolute Gasteiger partial charge is 0.618 e. The lowest BCUT2D eigenvalue weighted by atomic mass is 10.3. The Labute approximate surface area is 110 Å². The Morgan fingerprint density at radius 3 is 3.11 bits per heavy atom. The molecule has 0 aliphatic rings. The van der Waals surface area contributed by atoms with Crippen LogP contribution < -0.4 is 4.73 Å². The molecular weight excluding hydrogens is 250 g/mol. The maximum absolute atomic E-state index is 11.5. The van der Waals surface area contributed by atoms with Crippen LogP contribution >= 0.6 is 11.8 Å².